The van der Waals surface area contributed by atoms with E-state index in [1.54, 1.807) is 5.19 Å². The second kappa shape index (κ2) is 11.0. The summed E-state index contributed by atoms with van der Waals surface area (Å²) in [5, 5.41) is 1.57. The van der Waals surface area contributed by atoms with Gasteiger partial charge in [0.25, 0.3) is 0 Å². The Hall–Kier alpha value is 0.371. The molecule has 2 aromatic rings. The van der Waals surface area contributed by atoms with Crippen molar-refractivity contribution in [1.29, 1.82) is 0 Å². The van der Waals surface area contributed by atoms with Crippen molar-refractivity contribution in [1.82, 2.24) is 0 Å². The molecule has 0 aliphatic heterocycles. The second-order valence-electron chi connectivity index (χ2n) is 8.76. The molecule has 2 rings (SSSR count). The normalized spacial score (nSPS) is 10.9. The van der Waals surface area contributed by atoms with E-state index >= 15 is 0 Å². The predicted molar refractivity (Wildman–Crippen MR) is 107 cm³/mol. The molecule has 150 valence electrons. The summed E-state index contributed by atoms with van der Waals surface area (Å²) < 4.78 is 0. The molecule has 0 nitrogen and oxygen atoms in total. The number of halogens is 3. The molecule has 0 aliphatic carbocycles. The number of rotatable bonds is 3. The van der Waals surface area contributed by atoms with Crippen molar-refractivity contribution in [3.8, 4) is 0 Å². The van der Waals surface area contributed by atoms with E-state index in [4.69, 9.17) is 0 Å². The molecule has 0 atom stereocenters. The van der Waals surface area contributed by atoms with E-state index in [9.17, 15) is 0 Å². The largest absolute Gasteiger partial charge is 4.00 e. The third-order valence-electron chi connectivity index (χ3n) is 5.97. The van der Waals surface area contributed by atoms with Crippen LogP contribution in [0.15, 0.2) is 18.2 Å². The summed E-state index contributed by atoms with van der Waals surface area (Å²) in [4.78, 5) is 0. The molecule has 0 aliphatic rings. The van der Waals surface area contributed by atoms with Gasteiger partial charge in [-0.05, 0) is 73.4 Å². The van der Waals surface area contributed by atoms with E-state index in [1.807, 2.05) is 0 Å². The van der Waals surface area contributed by atoms with Crippen LogP contribution in [0.4, 0.5) is 0 Å². The Balaban J connectivity index is -0.00000144. The molecule has 5 heteroatoms. The van der Waals surface area contributed by atoms with Crippen molar-refractivity contribution in [2.75, 3.05) is 0 Å². The first kappa shape index (κ1) is 32.0. The Labute approximate surface area is 201 Å². The van der Waals surface area contributed by atoms with Gasteiger partial charge in [0.2, 0.25) is 0 Å². The third kappa shape index (κ3) is 5.94. The molecule has 0 radical (unpaired) electrons. The molecule has 0 unspecified atom stereocenters. The maximum Gasteiger partial charge on any atom is 4.00 e. The van der Waals surface area contributed by atoms with E-state index in [0.717, 1.165) is 0 Å². The second-order valence-corrected chi connectivity index (χ2v) is 13.8. The average Bonchev–Trinajstić information content (AvgIpc) is 2.93. The Morgan fingerprint density at radius 1 is 0.741 bits per heavy atom. The van der Waals surface area contributed by atoms with Gasteiger partial charge in [0.15, 0.2) is 0 Å². The zero-order valence-electron chi connectivity index (χ0n) is 18.4. The van der Waals surface area contributed by atoms with Gasteiger partial charge in [-0.3, -0.25) is 0 Å². The van der Waals surface area contributed by atoms with Gasteiger partial charge in [0, 0.05) is 8.07 Å². The van der Waals surface area contributed by atoms with E-state index in [0.29, 0.717) is 0 Å². The molecule has 0 amide bonds. The Bertz CT molecular complexity index is 727. The molecule has 2 aromatic carbocycles. The van der Waals surface area contributed by atoms with Crippen LogP contribution in [0.25, 0.3) is 0 Å². The Morgan fingerprint density at radius 3 is 1.44 bits per heavy atom. The van der Waals surface area contributed by atoms with Crippen molar-refractivity contribution in [3.63, 3.8) is 0 Å². The zero-order valence-corrected chi connectivity index (χ0v) is 23.2. The van der Waals surface area contributed by atoms with Gasteiger partial charge in [0.05, 0.1) is 0 Å². The fraction of sp³-hybridized carbons (Fsp3) is 0.500. The molecule has 0 spiro atoms. The van der Waals surface area contributed by atoms with Crippen LogP contribution >= 0.6 is 0 Å². The number of hydrogen-bond acceptors (Lipinski definition) is 0. The van der Waals surface area contributed by atoms with Crippen molar-refractivity contribution in [3.05, 3.63) is 57.1 Å². The van der Waals surface area contributed by atoms with Crippen molar-refractivity contribution >= 4 is 13.3 Å². The topological polar surface area (TPSA) is 0 Å². The molecular weight excluding hydrogens is 447 g/mol. The molecule has 27 heavy (non-hydrogen) atoms. The predicted octanol–water partition coefficient (Wildman–Crippen LogP) is -3.17. The average molecular weight is 480 g/mol. The summed E-state index contributed by atoms with van der Waals surface area (Å²) in [7, 11) is -1.25. The maximum absolute atomic E-state index is 2.47. The van der Waals surface area contributed by atoms with Crippen molar-refractivity contribution in [2.24, 2.45) is 0 Å². The molecule has 0 saturated heterocycles. The van der Waals surface area contributed by atoms with Crippen LogP contribution in [-0.4, -0.2) is 8.07 Å². The Morgan fingerprint density at radius 2 is 1.11 bits per heavy atom. The Kier molecular flexibility index (Phi) is 13.0. The maximum atomic E-state index is 2.47. The standard InChI is InChI=1S/C22H33Si.3ClH.Ti/c1-14-15(2)17(4)21(18(5)16(14)3)22(6,7)19-11-12-20(13-19)23(8,9)10;;;;/h11-13H,1-10H3;3*1H;/q-1;;;;+4/p-3. The van der Waals surface area contributed by atoms with Crippen LogP contribution in [0.3, 0.4) is 0 Å². The van der Waals surface area contributed by atoms with Gasteiger partial charge in [-0.15, -0.1) is 5.56 Å². The van der Waals surface area contributed by atoms with E-state index < -0.39 is 8.07 Å². The summed E-state index contributed by atoms with van der Waals surface area (Å²) in [6.07, 6.45) is 0. The van der Waals surface area contributed by atoms with Crippen LogP contribution in [0.2, 0.25) is 19.6 Å². The van der Waals surface area contributed by atoms with E-state index in [-0.39, 0.29) is 64.4 Å². The first-order valence-electron chi connectivity index (χ1n) is 8.74. The van der Waals surface area contributed by atoms with Gasteiger partial charge in [-0.2, -0.15) is 12.1 Å². The number of benzene rings is 1. The summed E-state index contributed by atoms with van der Waals surface area (Å²) in [5.41, 5.74) is 10.3. The fourth-order valence-electron chi connectivity index (χ4n) is 3.88. The number of hydrogen-bond donors (Lipinski definition) is 0. The first-order chi connectivity index (χ1) is 10.4. The minimum absolute atomic E-state index is 0. The molecule has 0 bridgehead atoms. The van der Waals surface area contributed by atoms with Gasteiger partial charge in [-0.25, -0.2) is 11.3 Å². The first-order valence-corrected chi connectivity index (χ1v) is 12.2. The van der Waals surface area contributed by atoms with Gasteiger partial charge in [0.1, 0.15) is 0 Å². The summed E-state index contributed by atoms with van der Waals surface area (Å²) >= 11 is 0. The van der Waals surface area contributed by atoms with E-state index in [2.05, 4.69) is 86.3 Å². The molecule has 0 fully saturated rings. The van der Waals surface area contributed by atoms with Crippen molar-refractivity contribution in [2.45, 2.75) is 73.5 Å². The van der Waals surface area contributed by atoms with Crippen LogP contribution in [0.1, 0.15) is 52.8 Å². The molecule has 0 N–H and O–H groups in total. The minimum Gasteiger partial charge on any atom is -1.00 e. The SMILES string of the molecule is Cc1c(C)c(C)c(C(C)(C)[c-]2ccc([Si](C)(C)C)c2)c(C)c1C.[Cl-].[Cl-].[Cl-].[Ti+4]. The van der Waals surface area contributed by atoms with E-state index in [1.165, 1.54) is 38.9 Å². The summed E-state index contributed by atoms with van der Waals surface area (Å²) in [5.74, 6) is 0. The fourth-order valence-corrected chi connectivity index (χ4v) is 5.05. The smallest absolute Gasteiger partial charge is 1.00 e. The third-order valence-corrected chi connectivity index (χ3v) is 8.01. The summed E-state index contributed by atoms with van der Waals surface area (Å²) in [6.45, 7) is 23.5. The van der Waals surface area contributed by atoms with Crippen LogP contribution in [0.5, 0.6) is 0 Å². The van der Waals surface area contributed by atoms with Crippen LogP contribution < -0.4 is 42.4 Å². The van der Waals surface area contributed by atoms with Crippen molar-refractivity contribution < 1.29 is 58.9 Å². The quantitative estimate of drug-likeness (QED) is 0.322. The van der Waals surface area contributed by atoms with Crippen LogP contribution in [0, 0.1) is 34.6 Å². The minimum atomic E-state index is -1.25. The molecule has 0 saturated carbocycles. The molecule has 0 heterocycles. The summed E-state index contributed by atoms with van der Waals surface area (Å²) in [6, 6.07) is 7.19. The molecule has 0 aromatic heterocycles. The van der Waals surface area contributed by atoms with Gasteiger partial charge < -0.3 is 37.2 Å². The molecular formula is C22H33Cl3SiTi. The zero-order chi connectivity index (χ0) is 17.7. The monoisotopic (exact) mass is 478 g/mol. The van der Waals surface area contributed by atoms with Crippen LogP contribution in [-0.2, 0) is 27.1 Å². The van der Waals surface area contributed by atoms with Gasteiger partial charge >= 0.3 is 21.7 Å². The van der Waals surface area contributed by atoms with Gasteiger partial charge in [-0.1, -0.05) is 33.5 Å².